The van der Waals surface area contributed by atoms with Crippen LogP contribution < -0.4 is 14.8 Å². The summed E-state index contributed by atoms with van der Waals surface area (Å²) in [6.45, 7) is 11.8. The number of nitrogens with one attached hydrogen (secondary N) is 1. The van der Waals surface area contributed by atoms with Crippen molar-refractivity contribution in [3.05, 3.63) is 40.6 Å². The second kappa shape index (κ2) is 8.41. The summed E-state index contributed by atoms with van der Waals surface area (Å²) in [4.78, 5) is 4.58. The molecule has 0 saturated heterocycles. The molecule has 142 valence electrons. The first-order chi connectivity index (χ1) is 12.3. The third-order valence-electron chi connectivity index (χ3n) is 4.59. The number of hydrogen-bond donors (Lipinski definition) is 2. The Balaban J connectivity index is 2.39. The number of methoxy groups -OCH3 is 1. The second-order valence-corrected chi connectivity index (χ2v) is 6.83. The van der Waals surface area contributed by atoms with E-state index in [1.807, 2.05) is 45.9 Å². The molecule has 0 spiro atoms. The van der Waals surface area contributed by atoms with Crippen molar-refractivity contribution in [3.63, 3.8) is 0 Å². The zero-order valence-corrected chi connectivity index (χ0v) is 16.8. The van der Waals surface area contributed by atoms with Gasteiger partial charge in [0, 0.05) is 16.9 Å². The highest BCUT2D eigenvalue weighted by Crippen LogP contribution is 2.35. The van der Waals surface area contributed by atoms with E-state index >= 15 is 0 Å². The summed E-state index contributed by atoms with van der Waals surface area (Å²) in [6.07, 6.45) is 0.383. The molecule has 1 heterocycles. The zero-order valence-electron chi connectivity index (χ0n) is 16.8. The third-order valence-corrected chi connectivity index (χ3v) is 4.59. The second-order valence-electron chi connectivity index (χ2n) is 6.83. The van der Waals surface area contributed by atoms with Gasteiger partial charge in [-0.15, -0.1) is 0 Å². The molecule has 5 nitrogen and oxygen atoms in total. The van der Waals surface area contributed by atoms with Crippen LogP contribution in [-0.4, -0.2) is 29.3 Å². The molecule has 2 N–H and O–H groups in total. The molecule has 2 atom stereocenters. The molecule has 2 unspecified atom stereocenters. The summed E-state index contributed by atoms with van der Waals surface area (Å²) in [5.74, 6) is 2.18. The Bertz CT molecular complexity index is 749. The maximum atomic E-state index is 9.94. The fraction of sp³-hybridized carbons (Fsp3) is 0.476. The predicted molar refractivity (Wildman–Crippen MR) is 106 cm³/mol. The predicted octanol–water partition coefficient (Wildman–Crippen LogP) is 4.69. The van der Waals surface area contributed by atoms with Gasteiger partial charge in [-0.3, -0.25) is 0 Å². The van der Waals surface area contributed by atoms with Crippen LogP contribution in [0.15, 0.2) is 18.2 Å². The van der Waals surface area contributed by atoms with Crippen LogP contribution in [-0.2, 0) is 0 Å². The molecule has 0 bridgehead atoms. The van der Waals surface area contributed by atoms with Crippen molar-refractivity contribution in [3.8, 4) is 17.4 Å². The monoisotopic (exact) mass is 358 g/mol. The quantitative estimate of drug-likeness (QED) is 0.752. The van der Waals surface area contributed by atoms with Crippen LogP contribution in [0.25, 0.3) is 0 Å². The maximum Gasteiger partial charge on any atom is 0.224 e. The third kappa shape index (κ3) is 4.47. The van der Waals surface area contributed by atoms with Crippen LogP contribution in [0.1, 0.15) is 42.7 Å². The molecule has 1 aromatic heterocycles. The minimum Gasteiger partial charge on any atom is -0.497 e. The van der Waals surface area contributed by atoms with Gasteiger partial charge in [-0.2, -0.15) is 0 Å². The van der Waals surface area contributed by atoms with Gasteiger partial charge in [0.15, 0.2) is 0 Å². The molecule has 0 aliphatic rings. The molecule has 0 radical (unpaired) electrons. The summed E-state index contributed by atoms with van der Waals surface area (Å²) in [5, 5.41) is 13.4. The molecule has 26 heavy (non-hydrogen) atoms. The molecule has 5 heteroatoms. The molecule has 2 aromatic rings. The van der Waals surface area contributed by atoms with E-state index in [-0.39, 0.29) is 6.04 Å². The smallest absolute Gasteiger partial charge is 0.224 e. The van der Waals surface area contributed by atoms with Gasteiger partial charge < -0.3 is 19.9 Å². The molecular weight excluding hydrogens is 328 g/mol. The van der Waals surface area contributed by atoms with Gasteiger partial charge in [0.05, 0.1) is 19.3 Å². The van der Waals surface area contributed by atoms with Crippen molar-refractivity contribution >= 4 is 5.69 Å². The lowest BCUT2D eigenvalue weighted by Crippen LogP contribution is -2.31. The van der Waals surface area contributed by atoms with E-state index in [4.69, 9.17) is 9.47 Å². The van der Waals surface area contributed by atoms with Crippen LogP contribution in [0, 0.1) is 27.7 Å². The van der Waals surface area contributed by atoms with E-state index in [0.717, 1.165) is 46.0 Å². The molecular formula is C21H30N2O3. The Kier molecular flexibility index (Phi) is 6.48. The van der Waals surface area contributed by atoms with Gasteiger partial charge >= 0.3 is 0 Å². The summed E-state index contributed by atoms with van der Waals surface area (Å²) in [5.41, 5.74) is 4.70. The molecule has 0 aliphatic carbocycles. The first-order valence-corrected chi connectivity index (χ1v) is 9.02. The van der Waals surface area contributed by atoms with Gasteiger partial charge in [-0.25, -0.2) is 4.98 Å². The Morgan fingerprint density at radius 3 is 2.23 bits per heavy atom. The summed E-state index contributed by atoms with van der Waals surface area (Å²) >= 11 is 0. The standard InChI is InChI=1S/C21H30N2O3/c1-8-18(16(6)24)23-19-11-14(4)22-21(15(19)5)26-20-12(2)9-17(25-7)10-13(20)3/h9-11,16,18,24H,8H2,1-7H3,(H,22,23). The Hall–Kier alpha value is -2.27. The van der Waals surface area contributed by atoms with Crippen molar-refractivity contribution in [2.75, 3.05) is 12.4 Å². The minimum absolute atomic E-state index is 0.0205. The summed E-state index contributed by atoms with van der Waals surface area (Å²) in [7, 11) is 1.66. The van der Waals surface area contributed by atoms with Crippen LogP contribution in [0.2, 0.25) is 0 Å². The van der Waals surface area contributed by atoms with Gasteiger partial charge in [0.25, 0.3) is 0 Å². The summed E-state index contributed by atoms with van der Waals surface area (Å²) in [6, 6.07) is 5.87. The number of aryl methyl sites for hydroxylation is 3. The average Bonchev–Trinajstić information content (AvgIpc) is 2.58. The number of aromatic nitrogens is 1. The number of anilines is 1. The number of aliphatic hydroxyl groups excluding tert-OH is 1. The highest BCUT2D eigenvalue weighted by molar-refractivity contribution is 5.57. The van der Waals surface area contributed by atoms with E-state index in [0.29, 0.717) is 5.88 Å². The fourth-order valence-electron chi connectivity index (χ4n) is 3.01. The van der Waals surface area contributed by atoms with E-state index in [1.165, 1.54) is 0 Å². The van der Waals surface area contributed by atoms with Gasteiger partial charge in [-0.05, 0) is 70.4 Å². The lowest BCUT2D eigenvalue weighted by Gasteiger charge is -2.23. The van der Waals surface area contributed by atoms with Crippen molar-refractivity contribution in [1.29, 1.82) is 0 Å². The van der Waals surface area contributed by atoms with E-state index in [2.05, 4.69) is 17.2 Å². The molecule has 0 saturated carbocycles. The number of benzene rings is 1. The largest absolute Gasteiger partial charge is 0.497 e. The maximum absolute atomic E-state index is 9.94. The topological polar surface area (TPSA) is 63.6 Å². The van der Waals surface area contributed by atoms with E-state index in [9.17, 15) is 5.11 Å². The Labute approximate surface area is 156 Å². The molecule has 1 aromatic carbocycles. The molecule has 2 rings (SSSR count). The number of pyridine rings is 1. The average molecular weight is 358 g/mol. The van der Waals surface area contributed by atoms with Crippen molar-refractivity contribution in [2.45, 2.75) is 60.1 Å². The fourth-order valence-corrected chi connectivity index (χ4v) is 3.01. The normalized spacial score (nSPS) is 13.2. The SMILES string of the molecule is CCC(Nc1cc(C)nc(Oc2c(C)cc(OC)cc2C)c1C)C(C)O. The highest BCUT2D eigenvalue weighted by atomic mass is 16.5. The molecule has 0 aliphatic heterocycles. The lowest BCUT2D eigenvalue weighted by molar-refractivity contribution is 0.169. The van der Waals surface area contributed by atoms with Crippen molar-refractivity contribution < 1.29 is 14.6 Å². The lowest BCUT2D eigenvalue weighted by atomic mass is 10.1. The number of rotatable bonds is 7. The van der Waals surface area contributed by atoms with Gasteiger partial charge in [0.2, 0.25) is 5.88 Å². The first-order valence-electron chi connectivity index (χ1n) is 9.02. The van der Waals surface area contributed by atoms with Crippen LogP contribution in [0.5, 0.6) is 17.4 Å². The number of ether oxygens (including phenoxy) is 2. The van der Waals surface area contributed by atoms with Crippen LogP contribution in [0.4, 0.5) is 5.69 Å². The van der Waals surface area contributed by atoms with Crippen LogP contribution >= 0.6 is 0 Å². The number of hydrogen-bond acceptors (Lipinski definition) is 5. The first kappa shape index (κ1) is 20.0. The van der Waals surface area contributed by atoms with Gasteiger partial charge in [0.1, 0.15) is 11.5 Å². The number of nitrogens with zero attached hydrogens (tertiary/aromatic N) is 1. The minimum atomic E-state index is -0.441. The zero-order chi connectivity index (χ0) is 19.4. The Morgan fingerprint density at radius 2 is 1.73 bits per heavy atom. The van der Waals surface area contributed by atoms with Crippen LogP contribution in [0.3, 0.4) is 0 Å². The van der Waals surface area contributed by atoms with Crippen molar-refractivity contribution in [1.82, 2.24) is 4.98 Å². The number of aliphatic hydroxyl groups is 1. The molecule has 0 amide bonds. The summed E-state index contributed by atoms with van der Waals surface area (Å²) < 4.78 is 11.5. The highest BCUT2D eigenvalue weighted by Gasteiger charge is 2.17. The van der Waals surface area contributed by atoms with Crippen molar-refractivity contribution in [2.24, 2.45) is 0 Å². The Morgan fingerprint density at radius 1 is 1.12 bits per heavy atom. The van der Waals surface area contributed by atoms with Gasteiger partial charge in [-0.1, -0.05) is 6.92 Å². The van der Waals surface area contributed by atoms with E-state index < -0.39 is 6.10 Å². The van der Waals surface area contributed by atoms with E-state index in [1.54, 1.807) is 14.0 Å². The molecule has 0 fully saturated rings.